The molecule has 0 N–H and O–H groups in total. The van der Waals surface area contributed by atoms with E-state index < -0.39 is 16.5 Å². The molecule has 24 heavy (non-hydrogen) atoms. The number of hydrogen-bond donors (Lipinski definition) is 0. The Morgan fingerprint density at radius 3 is 2.21 bits per heavy atom. The van der Waals surface area contributed by atoms with Crippen molar-refractivity contribution < 1.29 is 12.8 Å². The van der Waals surface area contributed by atoms with Crippen LogP contribution in [0.4, 0.5) is 4.39 Å². The second-order valence-corrected chi connectivity index (χ2v) is 7.71. The first-order chi connectivity index (χ1) is 11.4. The van der Waals surface area contributed by atoms with E-state index in [9.17, 15) is 12.8 Å². The lowest BCUT2D eigenvalue weighted by Crippen LogP contribution is -2.01. The van der Waals surface area contributed by atoms with Gasteiger partial charge in [-0.3, -0.25) is 0 Å². The lowest BCUT2D eigenvalue weighted by atomic mass is 10.1. The zero-order chi connectivity index (χ0) is 17.3. The monoisotopic (exact) mass is 344 g/mol. The summed E-state index contributed by atoms with van der Waals surface area (Å²) in [6.07, 6.45) is 1.16. The fourth-order valence-corrected chi connectivity index (χ4v) is 3.09. The second kappa shape index (κ2) is 6.20. The standard InChI is InChI=1S/C18H17FN2O2S/c1-13-3-5-14(6-4-13)18-11-15(12-19)20-21(18)16-7-9-17(10-8-16)24(2,22)23/h3-11H,12H2,1-2H3. The zero-order valence-corrected chi connectivity index (χ0v) is 14.2. The third-order valence-corrected chi connectivity index (χ3v) is 4.88. The summed E-state index contributed by atoms with van der Waals surface area (Å²) in [5.74, 6) is 0. The maximum Gasteiger partial charge on any atom is 0.175 e. The lowest BCUT2D eigenvalue weighted by Gasteiger charge is -2.09. The molecule has 0 fully saturated rings. The van der Waals surface area contributed by atoms with Crippen molar-refractivity contribution in [2.45, 2.75) is 18.5 Å². The van der Waals surface area contributed by atoms with Crippen molar-refractivity contribution in [2.75, 3.05) is 6.26 Å². The largest absolute Gasteiger partial charge is 0.244 e. The highest BCUT2D eigenvalue weighted by molar-refractivity contribution is 7.90. The van der Waals surface area contributed by atoms with Crippen molar-refractivity contribution in [1.29, 1.82) is 0 Å². The Balaban J connectivity index is 2.10. The van der Waals surface area contributed by atoms with E-state index in [1.165, 1.54) is 12.1 Å². The summed E-state index contributed by atoms with van der Waals surface area (Å²) >= 11 is 0. The van der Waals surface area contributed by atoms with Crippen molar-refractivity contribution in [1.82, 2.24) is 9.78 Å². The highest BCUT2D eigenvalue weighted by Gasteiger charge is 2.13. The molecule has 6 heteroatoms. The molecular formula is C18H17FN2O2S. The summed E-state index contributed by atoms with van der Waals surface area (Å²) < 4.78 is 37.9. The Morgan fingerprint density at radius 2 is 1.67 bits per heavy atom. The third kappa shape index (κ3) is 3.23. The van der Waals surface area contributed by atoms with Crippen LogP contribution < -0.4 is 0 Å². The molecule has 0 atom stereocenters. The second-order valence-electron chi connectivity index (χ2n) is 5.70. The van der Waals surface area contributed by atoms with Crippen LogP contribution in [0.5, 0.6) is 0 Å². The Kier molecular flexibility index (Phi) is 4.24. The van der Waals surface area contributed by atoms with Gasteiger partial charge in [-0.25, -0.2) is 17.5 Å². The van der Waals surface area contributed by atoms with Gasteiger partial charge in [-0.15, -0.1) is 0 Å². The molecule has 2 aromatic carbocycles. The summed E-state index contributed by atoms with van der Waals surface area (Å²) in [4.78, 5) is 0.237. The average molecular weight is 344 g/mol. The van der Waals surface area contributed by atoms with Gasteiger partial charge in [-0.2, -0.15) is 5.10 Å². The van der Waals surface area contributed by atoms with Gasteiger partial charge in [0.05, 0.1) is 22.0 Å². The number of halogens is 1. The molecule has 0 aliphatic carbocycles. The fourth-order valence-electron chi connectivity index (χ4n) is 2.46. The van der Waals surface area contributed by atoms with Gasteiger partial charge in [0.25, 0.3) is 0 Å². The first-order valence-electron chi connectivity index (χ1n) is 7.41. The van der Waals surface area contributed by atoms with Crippen LogP contribution in [-0.2, 0) is 16.5 Å². The molecule has 0 saturated carbocycles. The van der Waals surface area contributed by atoms with Gasteiger partial charge in [0.2, 0.25) is 0 Å². The van der Waals surface area contributed by atoms with Gasteiger partial charge in [0.1, 0.15) is 6.67 Å². The fraction of sp³-hybridized carbons (Fsp3) is 0.167. The Morgan fingerprint density at radius 1 is 1.04 bits per heavy atom. The molecule has 0 unspecified atom stereocenters. The van der Waals surface area contributed by atoms with Crippen LogP contribution in [0.1, 0.15) is 11.3 Å². The molecule has 1 heterocycles. The van der Waals surface area contributed by atoms with E-state index in [0.29, 0.717) is 11.4 Å². The number of nitrogens with zero attached hydrogens (tertiary/aromatic N) is 2. The molecule has 3 rings (SSSR count). The minimum absolute atomic E-state index is 0.237. The first-order valence-corrected chi connectivity index (χ1v) is 9.30. The van der Waals surface area contributed by atoms with Crippen molar-refractivity contribution in [2.24, 2.45) is 0 Å². The highest BCUT2D eigenvalue weighted by Crippen LogP contribution is 2.25. The molecule has 0 radical (unpaired) electrons. The van der Waals surface area contributed by atoms with Crippen molar-refractivity contribution >= 4 is 9.84 Å². The van der Waals surface area contributed by atoms with E-state index in [-0.39, 0.29) is 4.90 Å². The quantitative estimate of drug-likeness (QED) is 0.725. The maximum atomic E-state index is 13.1. The predicted molar refractivity (Wildman–Crippen MR) is 91.7 cm³/mol. The number of benzene rings is 2. The SMILES string of the molecule is Cc1ccc(-c2cc(CF)nn2-c2ccc(S(C)(=O)=O)cc2)cc1. The summed E-state index contributed by atoms with van der Waals surface area (Å²) in [6.45, 7) is 1.34. The number of aromatic nitrogens is 2. The van der Waals surface area contributed by atoms with E-state index in [1.807, 2.05) is 31.2 Å². The molecule has 124 valence electrons. The molecule has 3 aromatic rings. The minimum atomic E-state index is -3.26. The molecule has 0 saturated heterocycles. The smallest absolute Gasteiger partial charge is 0.175 e. The van der Waals surface area contributed by atoms with Crippen LogP contribution >= 0.6 is 0 Å². The van der Waals surface area contributed by atoms with Crippen molar-refractivity contribution in [3.8, 4) is 16.9 Å². The van der Waals surface area contributed by atoms with E-state index in [0.717, 1.165) is 23.1 Å². The molecular weight excluding hydrogens is 327 g/mol. The number of aryl methyl sites for hydroxylation is 1. The minimum Gasteiger partial charge on any atom is -0.244 e. The van der Waals surface area contributed by atoms with Crippen LogP contribution in [0.2, 0.25) is 0 Å². The predicted octanol–water partition coefficient (Wildman–Crippen LogP) is 3.72. The molecule has 1 aromatic heterocycles. The Hall–Kier alpha value is -2.47. The van der Waals surface area contributed by atoms with Gasteiger partial charge in [0, 0.05) is 11.8 Å². The number of sulfone groups is 1. The maximum absolute atomic E-state index is 13.1. The number of alkyl halides is 1. The zero-order valence-electron chi connectivity index (χ0n) is 13.4. The van der Waals surface area contributed by atoms with E-state index in [4.69, 9.17) is 0 Å². The molecule has 0 aliphatic heterocycles. The van der Waals surface area contributed by atoms with Gasteiger partial charge in [0.15, 0.2) is 9.84 Å². The van der Waals surface area contributed by atoms with Gasteiger partial charge >= 0.3 is 0 Å². The Labute approximate surface area is 140 Å². The van der Waals surface area contributed by atoms with Crippen LogP contribution in [0.25, 0.3) is 16.9 Å². The van der Waals surface area contributed by atoms with Crippen LogP contribution in [0.15, 0.2) is 59.5 Å². The average Bonchev–Trinajstić information content (AvgIpc) is 2.99. The third-order valence-electron chi connectivity index (χ3n) is 3.75. The van der Waals surface area contributed by atoms with E-state index in [1.54, 1.807) is 22.9 Å². The lowest BCUT2D eigenvalue weighted by molar-refractivity contribution is 0.473. The summed E-state index contributed by atoms with van der Waals surface area (Å²) in [7, 11) is -3.26. The highest BCUT2D eigenvalue weighted by atomic mass is 32.2. The van der Waals surface area contributed by atoms with Crippen molar-refractivity contribution in [3.05, 3.63) is 65.9 Å². The summed E-state index contributed by atoms with van der Waals surface area (Å²) in [5, 5.41) is 4.28. The summed E-state index contributed by atoms with van der Waals surface area (Å²) in [6, 6.07) is 16.0. The summed E-state index contributed by atoms with van der Waals surface area (Å²) in [5.41, 5.74) is 3.82. The molecule has 0 bridgehead atoms. The normalized spacial score (nSPS) is 11.6. The van der Waals surface area contributed by atoms with E-state index >= 15 is 0 Å². The van der Waals surface area contributed by atoms with Gasteiger partial charge < -0.3 is 0 Å². The van der Waals surface area contributed by atoms with Crippen LogP contribution in [0.3, 0.4) is 0 Å². The van der Waals surface area contributed by atoms with Crippen LogP contribution in [-0.4, -0.2) is 24.5 Å². The van der Waals surface area contributed by atoms with Crippen molar-refractivity contribution in [3.63, 3.8) is 0 Å². The molecule has 0 aliphatic rings. The Bertz CT molecular complexity index is 959. The molecule has 0 amide bonds. The first kappa shape index (κ1) is 16.4. The topological polar surface area (TPSA) is 52.0 Å². The van der Waals surface area contributed by atoms with Gasteiger partial charge in [-0.1, -0.05) is 29.8 Å². The number of hydrogen-bond acceptors (Lipinski definition) is 3. The number of rotatable bonds is 4. The van der Waals surface area contributed by atoms with E-state index in [2.05, 4.69) is 5.10 Å². The van der Waals surface area contributed by atoms with Crippen LogP contribution in [0, 0.1) is 6.92 Å². The molecule has 4 nitrogen and oxygen atoms in total. The van der Waals surface area contributed by atoms with Gasteiger partial charge in [-0.05, 0) is 37.3 Å². The molecule has 0 spiro atoms.